The first-order valence-electron chi connectivity index (χ1n) is 5.74. The van der Waals surface area contributed by atoms with E-state index < -0.39 is 11.5 Å². The summed E-state index contributed by atoms with van der Waals surface area (Å²) < 4.78 is 0. The van der Waals surface area contributed by atoms with Crippen molar-refractivity contribution in [3.63, 3.8) is 0 Å². The van der Waals surface area contributed by atoms with Crippen molar-refractivity contribution in [2.24, 2.45) is 0 Å². The molecule has 0 heterocycles. The molecule has 88 valence electrons. The molecule has 0 aromatic heterocycles. The van der Waals surface area contributed by atoms with Gasteiger partial charge < -0.3 is 15.3 Å². The largest absolute Gasteiger partial charge is 0.480 e. The molecule has 1 rings (SSSR count). The Hall–Kier alpha value is -0.610. The van der Waals surface area contributed by atoms with Crippen molar-refractivity contribution in [3.05, 3.63) is 0 Å². The summed E-state index contributed by atoms with van der Waals surface area (Å²) in [5.41, 5.74) is -0.678. The number of rotatable bonds is 5. The minimum atomic E-state index is -0.698. The molecule has 15 heavy (non-hydrogen) atoms. The summed E-state index contributed by atoms with van der Waals surface area (Å²) in [6, 6.07) is 0.408. The molecule has 0 saturated heterocycles. The van der Waals surface area contributed by atoms with E-state index >= 15 is 0 Å². The SMILES string of the molecule is CCNC1(C(=O)O)CCC(N(C)CC)C1. The molecule has 1 aliphatic carbocycles. The topological polar surface area (TPSA) is 52.6 Å². The molecule has 0 aliphatic heterocycles. The van der Waals surface area contributed by atoms with E-state index in [1.54, 1.807) is 0 Å². The fourth-order valence-electron chi connectivity index (χ4n) is 2.42. The summed E-state index contributed by atoms with van der Waals surface area (Å²) in [7, 11) is 2.06. The van der Waals surface area contributed by atoms with Gasteiger partial charge in [0.15, 0.2) is 0 Å². The van der Waals surface area contributed by atoms with Gasteiger partial charge >= 0.3 is 5.97 Å². The van der Waals surface area contributed by atoms with E-state index in [1.165, 1.54) is 0 Å². The van der Waals surface area contributed by atoms with Gasteiger partial charge in [-0.05, 0) is 39.4 Å². The summed E-state index contributed by atoms with van der Waals surface area (Å²) in [4.78, 5) is 13.5. The van der Waals surface area contributed by atoms with Crippen LogP contribution in [-0.2, 0) is 4.79 Å². The number of carboxylic acid groups (broad SMARTS) is 1. The molecule has 1 fully saturated rings. The summed E-state index contributed by atoms with van der Waals surface area (Å²) in [6.07, 6.45) is 2.44. The highest BCUT2D eigenvalue weighted by atomic mass is 16.4. The number of likely N-dealkylation sites (N-methyl/N-ethyl adjacent to an activating group) is 1. The fraction of sp³-hybridized carbons (Fsp3) is 0.909. The Labute approximate surface area is 91.6 Å². The molecule has 0 radical (unpaired) electrons. The van der Waals surface area contributed by atoms with Gasteiger partial charge in [0.05, 0.1) is 0 Å². The van der Waals surface area contributed by atoms with Gasteiger partial charge in [-0.1, -0.05) is 13.8 Å². The van der Waals surface area contributed by atoms with Crippen LogP contribution < -0.4 is 5.32 Å². The molecule has 0 aromatic rings. The molecule has 2 N–H and O–H groups in total. The molecular formula is C11H22N2O2. The van der Waals surface area contributed by atoms with Crippen molar-refractivity contribution in [2.75, 3.05) is 20.1 Å². The van der Waals surface area contributed by atoms with E-state index in [2.05, 4.69) is 24.2 Å². The molecule has 0 spiro atoms. The van der Waals surface area contributed by atoms with Gasteiger partial charge in [0, 0.05) is 6.04 Å². The Bertz CT molecular complexity index is 233. The Morgan fingerprint density at radius 2 is 2.27 bits per heavy atom. The molecule has 0 bridgehead atoms. The summed E-state index contributed by atoms with van der Waals surface area (Å²) in [5.74, 6) is -0.698. The van der Waals surface area contributed by atoms with Gasteiger partial charge in [-0.25, -0.2) is 0 Å². The first-order chi connectivity index (χ1) is 7.05. The van der Waals surface area contributed by atoms with E-state index in [1.807, 2.05) is 6.92 Å². The molecule has 2 atom stereocenters. The maximum absolute atomic E-state index is 11.3. The average Bonchev–Trinajstić information content (AvgIpc) is 2.63. The van der Waals surface area contributed by atoms with Crippen LogP contribution in [-0.4, -0.2) is 47.7 Å². The third-order valence-corrected chi connectivity index (χ3v) is 3.54. The quantitative estimate of drug-likeness (QED) is 0.714. The van der Waals surface area contributed by atoms with Crippen LogP contribution in [0.5, 0.6) is 0 Å². The molecule has 0 aromatic carbocycles. The number of nitrogens with one attached hydrogen (secondary N) is 1. The second-order valence-corrected chi connectivity index (χ2v) is 4.39. The van der Waals surface area contributed by atoms with Crippen molar-refractivity contribution in [1.29, 1.82) is 0 Å². The van der Waals surface area contributed by atoms with Crippen LogP contribution in [0.4, 0.5) is 0 Å². The predicted molar refractivity (Wildman–Crippen MR) is 60.0 cm³/mol. The average molecular weight is 214 g/mol. The lowest BCUT2D eigenvalue weighted by Crippen LogP contribution is -2.51. The van der Waals surface area contributed by atoms with Gasteiger partial charge in [-0.15, -0.1) is 0 Å². The number of carboxylic acids is 1. The van der Waals surface area contributed by atoms with Crippen LogP contribution >= 0.6 is 0 Å². The van der Waals surface area contributed by atoms with E-state index in [0.29, 0.717) is 6.04 Å². The molecule has 1 saturated carbocycles. The van der Waals surface area contributed by atoms with Crippen LogP contribution in [0.15, 0.2) is 0 Å². The lowest BCUT2D eigenvalue weighted by molar-refractivity contribution is -0.144. The maximum Gasteiger partial charge on any atom is 0.323 e. The number of nitrogens with zero attached hydrogens (tertiary/aromatic N) is 1. The Morgan fingerprint density at radius 3 is 2.73 bits per heavy atom. The van der Waals surface area contributed by atoms with Crippen LogP contribution in [0, 0.1) is 0 Å². The van der Waals surface area contributed by atoms with E-state index in [-0.39, 0.29) is 0 Å². The summed E-state index contributed by atoms with van der Waals surface area (Å²) in [6.45, 7) is 5.76. The van der Waals surface area contributed by atoms with Gasteiger partial charge in [0.25, 0.3) is 0 Å². The van der Waals surface area contributed by atoms with Gasteiger partial charge in [0.1, 0.15) is 5.54 Å². The maximum atomic E-state index is 11.3. The highest BCUT2D eigenvalue weighted by Crippen LogP contribution is 2.32. The minimum Gasteiger partial charge on any atom is -0.480 e. The van der Waals surface area contributed by atoms with Gasteiger partial charge in [0.2, 0.25) is 0 Å². The zero-order valence-corrected chi connectivity index (χ0v) is 9.92. The zero-order chi connectivity index (χ0) is 11.5. The monoisotopic (exact) mass is 214 g/mol. The number of aliphatic carboxylic acids is 1. The molecule has 1 aliphatic rings. The third kappa shape index (κ3) is 2.49. The fourth-order valence-corrected chi connectivity index (χ4v) is 2.42. The highest BCUT2D eigenvalue weighted by molar-refractivity contribution is 5.79. The second kappa shape index (κ2) is 4.94. The molecule has 0 amide bonds. The highest BCUT2D eigenvalue weighted by Gasteiger charge is 2.45. The van der Waals surface area contributed by atoms with E-state index in [9.17, 15) is 9.90 Å². The van der Waals surface area contributed by atoms with E-state index in [0.717, 1.165) is 32.4 Å². The second-order valence-electron chi connectivity index (χ2n) is 4.39. The van der Waals surface area contributed by atoms with Gasteiger partial charge in [-0.2, -0.15) is 0 Å². The molecule has 4 heteroatoms. The van der Waals surface area contributed by atoms with E-state index in [4.69, 9.17) is 0 Å². The van der Waals surface area contributed by atoms with Crippen molar-refractivity contribution in [2.45, 2.75) is 44.7 Å². The zero-order valence-electron chi connectivity index (χ0n) is 9.92. The number of hydrogen-bond donors (Lipinski definition) is 2. The lowest BCUT2D eigenvalue weighted by Gasteiger charge is -2.27. The lowest BCUT2D eigenvalue weighted by atomic mass is 9.97. The predicted octanol–water partition coefficient (Wildman–Crippen LogP) is 0.923. The van der Waals surface area contributed by atoms with Crippen molar-refractivity contribution in [3.8, 4) is 0 Å². The first kappa shape index (κ1) is 12.5. The smallest absolute Gasteiger partial charge is 0.323 e. The standard InChI is InChI=1S/C11H22N2O2/c1-4-12-11(10(14)15)7-6-9(8-11)13(3)5-2/h9,12H,4-8H2,1-3H3,(H,14,15). The Balaban J connectivity index is 2.67. The summed E-state index contributed by atoms with van der Waals surface area (Å²) in [5, 5.41) is 12.4. The van der Waals surface area contributed by atoms with Crippen LogP contribution in [0.25, 0.3) is 0 Å². The summed E-state index contributed by atoms with van der Waals surface area (Å²) >= 11 is 0. The van der Waals surface area contributed by atoms with Crippen LogP contribution in [0.2, 0.25) is 0 Å². The van der Waals surface area contributed by atoms with Crippen molar-refractivity contribution < 1.29 is 9.90 Å². The van der Waals surface area contributed by atoms with Gasteiger partial charge in [-0.3, -0.25) is 4.79 Å². The van der Waals surface area contributed by atoms with Crippen LogP contribution in [0.1, 0.15) is 33.1 Å². The van der Waals surface area contributed by atoms with Crippen molar-refractivity contribution in [1.82, 2.24) is 10.2 Å². The molecule has 2 unspecified atom stereocenters. The number of carbonyl (C=O) groups is 1. The number of hydrogen-bond acceptors (Lipinski definition) is 3. The molecule has 4 nitrogen and oxygen atoms in total. The minimum absolute atomic E-state index is 0.408. The van der Waals surface area contributed by atoms with Crippen molar-refractivity contribution >= 4 is 5.97 Å². The first-order valence-corrected chi connectivity index (χ1v) is 5.74. The normalized spacial score (nSPS) is 31.1. The third-order valence-electron chi connectivity index (χ3n) is 3.54. The van der Waals surface area contributed by atoms with Crippen LogP contribution in [0.3, 0.4) is 0 Å². The molecular weight excluding hydrogens is 192 g/mol. The Morgan fingerprint density at radius 1 is 1.60 bits per heavy atom. The Kier molecular flexibility index (Phi) is 4.11.